The van der Waals surface area contributed by atoms with Crippen LogP contribution in [0.5, 0.6) is 0 Å². The van der Waals surface area contributed by atoms with Crippen LogP contribution < -0.4 is 0 Å². The van der Waals surface area contributed by atoms with E-state index in [9.17, 15) is 39.5 Å². The van der Waals surface area contributed by atoms with Gasteiger partial charge in [0.2, 0.25) is 0 Å². The molecular weight excluding hydrogens is 479 g/mol. The smallest absolute Gasteiger partial charge is 0.198 e. The Balaban J connectivity index is 2.58. The SMILES string of the molecule is Fc1ccccc1-c1c(F)c(F)c(F)c(F)c1-c1c(F)c(F)c(CBr)c(F)c1F. The molecule has 0 spiro atoms. The third-order valence-electron chi connectivity index (χ3n) is 4.15. The summed E-state index contributed by atoms with van der Waals surface area (Å²) in [5.41, 5.74) is -7.02. The highest BCUT2D eigenvalue weighted by Crippen LogP contribution is 2.43. The molecule has 152 valence electrons. The highest BCUT2D eigenvalue weighted by molar-refractivity contribution is 9.08. The summed E-state index contributed by atoms with van der Waals surface area (Å²) in [6.07, 6.45) is 0. The largest absolute Gasteiger partial charge is 0.206 e. The van der Waals surface area contributed by atoms with Gasteiger partial charge in [-0.3, -0.25) is 0 Å². The zero-order valence-corrected chi connectivity index (χ0v) is 15.4. The second-order valence-electron chi connectivity index (χ2n) is 5.73. The lowest BCUT2D eigenvalue weighted by atomic mass is 9.91. The monoisotopic (exact) mass is 484 g/mol. The predicted molar refractivity (Wildman–Crippen MR) is 89.6 cm³/mol. The molecule has 0 nitrogen and oxygen atoms in total. The van der Waals surface area contributed by atoms with Gasteiger partial charge in [0.25, 0.3) is 0 Å². The Bertz CT molecular complexity index is 1110. The van der Waals surface area contributed by atoms with E-state index in [0.717, 1.165) is 24.3 Å². The van der Waals surface area contributed by atoms with Crippen molar-refractivity contribution in [2.24, 2.45) is 0 Å². The molecule has 0 unspecified atom stereocenters. The highest BCUT2D eigenvalue weighted by atomic mass is 79.9. The van der Waals surface area contributed by atoms with E-state index in [1.54, 1.807) is 0 Å². The number of hydrogen-bond acceptors (Lipinski definition) is 0. The summed E-state index contributed by atoms with van der Waals surface area (Å²) >= 11 is 2.61. The maximum atomic E-state index is 14.5. The summed E-state index contributed by atoms with van der Waals surface area (Å²) in [7, 11) is 0. The topological polar surface area (TPSA) is 0 Å². The number of halogens is 10. The van der Waals surface area contributed by atoms with Crippen molar-refractivity contribution in [3.63, 3.8) is 0 Å². The molecule has 0 aliphatic heterocycles. The van der Waals surface area contributed by atoms with Crippen molar-refractivity contribution in [2.75, 3.05) is 0 Å². The Labute approximate surface area is 165 Å². The van der Waals surface area contributed by atoms with Crippen LogP contribution in [0.3, 0.4) is 0 Å². The highest BCUT2D eigenvalue weighted by Gasteiger charge is 2.34. The fourth-order valence-electron chi connectivity index (χ4n) is 2.80. The summed E-state index contributed by atoms with van der Waals surface area (Å²) in [4.78, 5) is 0. The molecule has 3 aromatic rings. The first-order valence-electron chi connectivity index (χ1n) is 7.65. The number of rotatable bonds is 3. The molecule has 0 aromatic heterocycles. The first-order valence-corrected chi connectivity index (χ1v) is 8.77. The van der Waals surface area contributed by atoms with Gasteiger partial charge in [-0.1, -0.05) is 34.1 Å². The summed E-state index contributed by atoms with van der Waals surface area (Å²) in [5, 5.41) is -0.687. The van der Waals surface area contributed by atoms with Crippen molar-refractivity contribution in [1.29, 1.82) is 0 Å². The van der Waals surface area contributed by atoms with Crippen LogP contribution in [0.25, 0.3) is 22.3 Å². The quantitative estimate of drug-likeness (QED) is 0.160. The second-order valence-corrected chi connectivity index (χ2v) is 6.29. The molecule has 3 aromatic carbocycles. The maximum Gasteiger partial charge on any atom is 0.198 e. The van der Waals surface area contributed by atoms with Gasteiger partial charge in [0.05, 0.1) is 5.56 Å². The van der Waals surface area contributed by atoms with Crippen molar-refractivity contribution in [3.8, 4) is 22.3 Å². The van der Waals surface area contributed by atoms with E-state index in [1.165, 1.54) is 0 Å². The Morgan fingerprint density at radius 2 is 0.966 bits per heavy atom. The summed E-state index contributed by atoms with van der Waals surface area (Å²) in [6, 6.07) is 3.70. The van der Waals surface area contributed by atoms with E-state index >= 15 is 0 Å². The van der Waals surface area contributed by atoms with Crippen molar-refractivity contribution in [3.05, 3.63) is 82.2 Å². The Morgan fingerprint density at radius 3 is 1.45 bits per heavy atom. The van der Waals surface area contributed by atoms with Gasteiger partial charge < -0.3 is 0 Å². The normalized spacial score (nSPS) is 11.2. The fourth-order valence-corrected chi connectivity index (χ4v) is 3.29. The average Bonchev–Trinajstić information content (AvgIpc) is 2.70. The molecule has 0 aliphatic carbocycles. The molecule has 0 bridgehead atoms. The predicted octanol–water partition coefficient (Wildman–Crippen LogP) is 7.17. The van der Waals surface area contributed by atoms with E-state index in [4.69, 9.17) is 0 Å². The van der Waals surface area contributed by atoms with Crippen LogP contribution in [0.1, 0.15) is 5.56 Å². The van der Waals surface area contributed by atoms with E-state index in [2.05, 4.69) is 15.9 Å². The Kier molecular flexibility index (Phi) is 5.66. The molecule has 0 amide bonds. The van der Waals surface area contributed by atoms with Crippen LogP contribution in [-0.2, 0) is 5.33 Å². The minimum absolute atomic E-state index is 0.687. The number of hydrogen-bond donors (Lipinski definition) is 0. The Morgan fingerprint density at radius 1 is 0.517 bits per heavy atom. The first-order chi connectivity index (χ1) is 13.6. The van der Waals surface area contributed by atoms with E-state index < -0.39 is 85.5 Å². The molecule has 10 heteroatoms. The van der Waals surface area contributed by atoms with Crippen LogP contribution in [0.2, 0.25) is 0 Å². The number of alkyl halides is 1. The zero-order valence-electron chi connectivity index (χ0n) is 13.8. The molecule has 0 radical (unpaired) electrons. The van der Waals surface area contributed by atoms with Crippen molar-refractivity contribution in [1.82, 2.24) is 0 Å². The molecule has 0 heterocycles. The molecular formula is C19H6BrF9. The second kappa shape index (κ2) is 7.74. The third-order valence-corrected chi connectivity index (χ3v) is 4.71. The zero-order chi connectivity index (χ0) is 21.6. The van der Waals surface area contributed by atoms with Gasteiger partial charge in [-0.15, -0.1) is 0 Å². The van der Waals surface area contributed by atoms with Gasteiger partial charge in [0.1, 0.15) is 5.82 Å². The minimum atomic E-state index is -2.50. The fraction of sp³-hybridized carbons (Fsp3) is 0.0526. The van der Waals surface area contributed by atoms with E-state index in [0.29, 0.717) is 0 Å². The molecule has 0 N–H and O–H groups in total. The van der Waals surface area contributed by atoms with Gasteiger partial charge in [0.15, 0.2) is 46.5 Å². The maximum absolute atomic E-state index is 14.5. The van der Waals surface area contributed by atoms with Gasteiger partial charge in [-0.05, 0) is 6.07 Å². The Hall–Kier alpha value is -2.49. The molecule has 0 saturated heterocycles. The molecule has 29 heavy (non-hydrogen) atoms. The van der Waals surface area contributed by atoms with Crippen LogP contribution in [-0.4, -0.2) is 0 Å². The van der Waals surface area contributed by atoms with Crippen molar-refractivity contribution in [2.45, 2.75) is 5.33 Å². The van der Waals surface area contributed by atoms with Crippen LogP contribution in [0.15, 0.2) is 24.3 Å². The number of benzene rings is 3. The summed E-state index contributed by atoms with van der Waals surface area (Å²) in [6.45, 7) is 0. The molecule has 0 saturated carbocycles. The third kappa shape index (κ3) is 3.19. The van der Waals surface area contributed by atoms with E-state index in [1.807, 2.05) is 0 Å². The lowest BCUT2D eigenvalue weighted by Gasteiger charge is -2.17. The molecule has 0 fully saturated rings. The lowest BCUT2D eigenvalue weighted by Crippen LogP contribution is -2.10. The van der Waals surface area contributed by atoms with Crippen LogP contribution >= 0.6 is 15.9 Å². The van der Waals surface area contributed by atoms with E-state index in [-0.39, 0.29) is 0 Å². The molecule has 0 atom stereocenters. The van der Waals surface area contributed by atoms with Gasteiger partial charge in [0, 0.05) is 27.6 Å². The lowest BCUT2D eigenvalue weighted by molar-refractivity contribution is 0.409. The first kappa shape index (κ1) is 21.2. The van der Waals surface area contributed by atoms with Gasteiger partial charge in [-0.2, -0.15) is 0 Å². The minimum Gasteiger partial charge on any atom is -0.206 e. The van der Waals surface area contributed by atoms with Crippen LogP contribution in [0.4, 0.5) is 39.5 Å². The average molecular weight is 485 g/mol. The van der Waals surface area contributed by atoms with Gasteiger partial charge in [-0.25, -0.2) is 39.5 Å². The van der Waals surface area contributed by atoms with Crippen molar-refractivity contribution >= 4 is 15.9 Å². The van der Waals surface area contributed by atoms with Gasteiger partial charge >= 0.3 is 0 Å². The standard InChI is InChI=1S/C19H6BrF9/c20-5-7-12(22)16(26)11(17(27)13(7)23)10-9(6-3-1-2-4-8(6)21)14(24)18(28)19(29)15(10)25/h1-4H,5H2. The molecule has 0 aliphatic rings. The summed E-state index contributed by atoms with van der Waals surface area (Å²) < 4.78 is 128. The van der Waals surface area contributed by atoms with Crippen molar-refractivity contribution < 1.29 is 39.5 Å². The molecule has 3 rings (SSSR count). The summed E-state index contributed by atoms with van der Waals surface area (Å²) in [5.74, 6) is -19.1. The van der Waals surface area contributed by atoms with Crippen LogP contribution in [0, 0.1) is 52.4 Å².